The molecule has 18 heavy (non-hydrogen) atoms. The molecule has 1 saturated heterocycles. The largest absolute Gasteiger partial charge is 0.481 e. The summed E-state index contributed by atoms with van der Waals surface area (Å²) in [6.45, 7) is 1.52. The van der Waals surface area contributed by atoms with Crippen LogP contribution < -0.4 is 10.5 Å². The molecule has 6 nitrogen and oxygen atoms in total. The van der Waals surface area contributed by atoms with Crippen LogP contribution >= 0.6 is 0 Å². The van der Waals surface area contributed by atoms with E-state index in [9.17, 15) is 0 Å². The van der Waals surface area contributed by atoms with Crippen LogP contribution in [-0.4, -0.2) is 34.9 Å². The van der Waals surface area contributed by atoms with Crippen LogP contribution in [0.5, 0.6) is 5.88 Å². The highest BCUT2D eigenvalue weighted by molar-refractivity contribution is 5.75. The number of methoxy groups -OCH3 is 1. The molecular weight excluding hydrogens is 232 g/mol. The van der Waals surface area contributed by atoms with Crippen molar-refractivity contribution in [1.29, 1.82) is 0 Å². The molecule has 0 saturated carbocycles. The quantitative estimate of drug-likeness (QED) is 0.868. The SMILES string of the molecule is COc1ccc2nc(N)n(C3CCOCC3)c2n1. The van der Waals surface area contributed by atoms with Crippen LogP contribution in [0.3, 0.4) is 0 Å². The Bertz CT molecular complexity index is 560. The van der Waals surface area contributed by atoms with E-state index in [2.05, 4.69) is 9.97 Å². The van der Waals surface area contributed by atoms with Gasteiger partial charge >= 0.3 is 0 Å². The van der Waals surface area contributed by atoms with E-state index in [1.165, 1.54) is 0 Å². The van der Waals surface area contributed by atoms with Gasteiger partial charge < -0.3 is 15.2 Å². The van der Waals surface area contributed by atoms with E-state index in [1.807, 2.05) is 10.6 Å². The Morgan fingerprint density at radius 2 is 2.11 bits per heavy atom. The first kappa shape index (κ1) is 11.3. The minimum atomic E-state index is 0.309. The Labute approximate surface area is 105 Å². The first-order valence-corrected chi connectivity index (χ1v) is 6.06. The van der Waals surface area contributed by atoms with Crippen LogP contribution in [0.1, 0.15) is 18.9 Å². The van der Waals surface area contributed by atoms with Crippen molar-refractivity contribution in [1.82, 2.24) is 14.5 Å². The predicted octanol–water partition coefficient (Wildman–Crippen LogP) is 1.37. The summed E-state index contributed by atoms with van der Waals surface area (Å²) in [7, 11) is 1.60. The third-order valence-electron chi connectivity index (χ3n) is 3.30. The third-order valence-corrected chi connectivity index (χ3v) is 3.30. The Morgan fingerprint density at radius 3 is 2.83 bits per heavy atom. The topological polar surface area (TPSA) is 75.2 Å². The van der Waals surface area contributed by atoms with Crippen LogP contribution in [0.25, 0.3) is 11.2 Å². The van der Waals surface area contributed by atoms with Gasteiger partial charge in [-0.05, 0) is 18.9 Å². The lowest BCUT2D eigenvalue weighted by Crippen LogP contribution is -2.21. The van der Waals surface area contributed by atoms with Crippen molar-refractivity contribution in [2.24, 2.45) is 0 Å². The summed E-state index contributed by atoms with van der Waals surface area (Å²) >= 11 is 0. The molecule has 2 aromatic rings. The molecule has 6 heteroatoms. The number of fused-ring (bicyclic) bond motifs is 1. The molecule has 0 atom stereocenters. The number of anilines is 1. The van der Waals surface area contributed by atoms with E-state index in [1.54, 1.807) is 13.2 Å². The summed E-state index contributed by atoms with van der Waals surface area (Å²) in [4.78, 5) is 8.79. The number of nitrogen functional groups attached to an aromatic ring is 1. The predicted molar refractivity (Wildman–Crippen MR) is 67.6 cm³/mol. The number of hydrogen-bond acceptors (Lipinski definition) is 5. The van der Waals surface area contributed by atoms with Crippen LogP contribution in [0, 0.1) is 0 Å². The highest BCUT2D eigenvalue weighted by Gasteiger charge is 2.21. The third kappa shape index (κ3) is 1.78. The zero-order valence-electron chi connectivity index (χ0n) is 10.3. The Kier molecular flexibility index (Phi) is 2.79. The van der Waals surface area contributed by atoms with Gasteiger partial charge in [-0.1, -0.05) is 0 Å². The standard InChI is InChI=1S/C12H16N4O2/c1-17-10-3-2-9-11(15-10)16(12(13)14-9)8-4-6-18-7-5-8/h2-3,8H,4-7H2,1H3,(H2,13,14). The van der Waals surface area contributed by atoms with Crippen molar-refractivity contribution in [2.75, 3.05) is 26.1 Å². The lowest BCUT2D eigenvalue weighted by Gasteiger charge is -2.24. The number of pyridine rings is 1. The zero-order valence-corrected chi connectivity index (χ0v) is 10.3. The number of nitrogens with zero attached hydrogens (tertiary/aromatic N) is 3. The maximum Gasteiger partial charge on any atom is 0.215 e. The Morgan fingerprint density at radius 1 is 1.33 bits per heavy atom. The van der Waals surface area contributed by atoms with Crippen molar-refractivity contribution >= 4 is 17.1 Å². The Balaban J connectivity index is 2.10. The summed E-state index contributed by atoms with van der Waals surface area (Å²) in [6.07, 6.45) is 1.88. The first-order chi connectivity index (χ1) is 8.79. The van der Waals surface area contributed by atoms with Crippen molar-refractivity contribution in [2.45, 2.75) is 18.9 Å². The average Bonchev–Trinajstić information content (AvgIpc) is 2.74. The average molecular weight is 248 g/mol. The van der Waals surface area contributed by atoms with Gasteiger partial charge in [0.15, 0.2) is 5.65 Å². The second kappa shape index (κ2) is 4.45. The zero-order chi connectivity index (χ0) is 12.5. The molecule has 0 radical (unpaired) electrons. The molecule has 3 heterocycles. The molecule has 2 N–H and O–H groups in total. The molecule has 0 amide bonds. The van der Waals surface area contributed by atoms with Gasteiger partial charge in [-0.15, -0.1) is 0 Å². The molecule has 0 unspecified atom stereocenters. The Hall–Kier alpha value is -1.82. The maximum absolute atomic E-state index is 6.01. The molecule has 0 aromatic carbocycles. The van der Waals surface area contributed by atoms with Gasteiger partial charge in [0.25, 0.3) is 0 Å². The van der Waals surface area contributed by atoms with Crippen molar-refractivity contribution < 1.29 is 9.47 Å². The fraction of sp³-hybridized carbons (Fsp3) is 0.500. The number of rotatable bonds is 2. The van der Waals surface area contributed by atoms with E-state index < -0.39 is 0 Å². The van der Waals surface area contributed by atoms with E-state index in [0.29, 0.717) is 17.9 Å². The molecule has 1 aliphatic rings. The van der Waals surface area contributed by atoms with Crippen LogP contribution in [0.15, 0.2) is 12.1 Å². The summed E-state index contributed by atoms with van der Waals surface area (Å²) in [5, 5.41) is 0. The number of ether oxygens (including phenoxy) is 2. The molecule has 0 bridgehead atoms. The fourth-order valence-corrected chi connectivity index (χ4v) is 2.39. The van der Waals surface area contributed by atoms with Crippen LogP contribution in [-0.2, 0) is 4.74 Å². The summed E-state index contributed by atoms with van der Waals surface area (Å²) in [5.74, 6) is 1.09. The number of imidazole rings is 1. The summed E-state index contributed by atoms with van der Waals surface area (Å²) in [5.41, 5.74) is 7.60. The number of nitrogens with two attached hydrogens (primary N) is 1. The van der Waals surface area contributed by atoms with Gasteiger partial charge in [0.2, 0.25) is 11.8 Å². The number of aromatic nitrogens is 3. The molecule has 1 fully saturated rings. The van der Waals surface area contributed by atoms with Crippen molar-refractivity contribution in [3.8, 4) is 5.88 Å². The van der Waals surface area contributed by atoms with Crippen LogP contribution in [0.2, 0.25) is 0 Å². The molecule has 1 aliphatic heterocycles. The maximum atomic E-state index is 6.01. The lowest BCUT2D eigenvalue weighted by molar-refractivity contribution is 0.0710. The molecule has 0 spiro atoms. The fourth-order valence-electron chi connectivity index (χ4n) is 2.39. The van der Waals surface area contributed by atoms with Crippen molar-refractivity contribution in [3.63, 3.8) is 0 Å². The highest BCUT2D eigenvalue weighted by atomic mass is 16.5. The summed E-state index contributed by atoms with van der Waals surface area (Å²) < 4.78 is 12.5. The van der Waals surface area contributed by atoms with E-state index >= 15 is 0 Å². The smallest absolute Gasteiger partial charge is 0.215 e. The van der Waals surface area contributed by atoms with Crippen LogP contribution in [0.4, 0.5) is 5.95 Å². The lowest BCUT2D eigenvalue weighted by atomic mass is 10.1. The molecule has 0 aliphatic carbocycles. The molecule has 96 valence electrons. The van der Waals surface area contributed by atoms with E-state index in [4.69, 9.17) is 15.2 Å². The van der Waals surface area contributed by atoms with Gasteiger partial charge in [-0.3, -0.25) is 4.57 Å². The second-order valence-electron chi connectivity index (χ2n) is 4.38. The van der Waals surface area contributed by atoms with E-state index in [0.717, 1.165) is 37.2 Å². The van der Waals surface area contributed by atoms with E-state index in [-0.39, 0.29) is 0 Å². The minimum absolute atomic E-state index is 0.309. The van der Waals surface area contributed by atoms with Gasteiger partial charge in [0, 0.05) is 25.3 Å². The first-order valence-electron chi connectivity index (χ1n) is 6.06. The second-order valence-corrected chi connectivity index (χ2v) is 4.38. The molecular formula is C12H16N4O2. The monoisotopic (exact) mass is 248 g/mol. The minimum Gasteiger partial charge on any atom is -0.481 e. The summed E-state index contributed by atoms with van der Waals surface area (Å²) in [6, 6.07) is 3.99. The normalized spacial score (nSPS) is 17.2. The van der Waals surface area contributed by atoms with Crippen molar-refractivity contribution in [3.05, 3.63) is 12.1 Å². The number of hydrogen-bond donors (Lipinski definition) is 1. The molecule has 2 aromatic heterocycles. The highest BCUT2D eigenvalue weighted by Crippen LogP contribution is 2.29. The van der Waals surface area contributed by atoms with Gasteiger partial charge in [0.05, 0.1) is 7.11 Å². The van der Waals surface area contributed by atoms with Gasteiger partial charge in [-0.25, -0.2) is 4.98 Å². The van der Waals surface area contributed by atoms with Gasteiger partial charge in [0.1, 0.15) is 5.52 Å². The van der Waals surface area contributed by atoms with Gasteiger partial charge in [-0.2, -0.15) is 4.98 Å². The molecule has 3 rings (SSSR count).